The van der Waals surface area contributed by atoms with Crippen molar-refractivity contribution in [3.05, 3.63) is 29.7 Å². The Morgan fingerprint density at radius 3 is 2.89 bits per heavy atom. The van der Waals surface area contributed by atoms with E-state index in [2.05, 4.69) is 10.3 Å². The van der Waals surface area contributed by atoms with Crippen LogP contribution in [0.5, 0.6) is 5.75 Å². The van der Waals surface area contributed by atoms with Gasteiger partial charge in [0.2, 0.25) is 0 Å². The van der Waals surface area contributed by atoms with Crippen LogP contribution in [0.4, 0.5) is 10.2 Å². The minimum Gasteiger partial charge on any atom is -0.497 e. The van der Waals surface area contributed by atoms with Crippen molar-refractivity contribution in [1.29, 1.82) is 0 Å². The summed E-state index contributed by atoms with van der Waals surface area (Å²) in [5.41, 5.74) is 6.91. The summed E-state index contributed by atoms with van der Waals surface area (Å²) in [6.07, 6.45) is 2.09. The second-order valence-electron chi connectivity index (χ2n) is 4.36. The van der Waals surface area contributed by atoms with Gasteiger partial charge in [-0.1, -0.05) is 5.21 Å². The van der Waals surface area contributed by atoms with Gasteiger partial charge >= 0.3 is 0 Å². The molecule has 3 rings (SSSR count). The molecule has 0 saturated heterocycles. The van der Waals surface area contributed by atoms with E-state index in [0.29, 0.717) is 23.2 Å². The fraction of sp³-hybridized carbons (Fsp3) is 0.333. The lowest BCUT2D eigenvalue weighted by Gasteiger charge is -2.08. The number of ether oxygens (including phenoxy) is 1. The number of aromatic nitrogens is 3. The molecule has 5 nitrogen and oxygen atoms in total. The summed E-state index contributed by atoms with van der Waals surface area (Å²) in [5.74, 6) is 0.912. The highest BCUT2D eigenvalue weighted by Gasteiger charge is 2.31. The van der Waals surface area contributed by atoms with Crippen molar-refractivity contribution in [2.45, 2.75) is 18.8 Å². The number of nitrogens with two attached hydrogens (primary N) is 1. The summed E-state index contributed by atoms with van der Waals surface area (Å²) >= 11 is 0. The summed E-state index contributed by atoms with van der Waals surface area (Å²) in [4.78, 5) is 0. The van der Waals surface area contributed by atoms with Gasteiger partial charge in [-0.3, -0.25) is 0 Å². The number of hydrogen-bond donors (Lipinski definition) is 1. The van der Waals surface area contributed by atoms with E-state index < -0.39 is 0 Å². The first-order valence-electron chi connectivity index (χ1n) is 5.75. The van der Waals surface area contributed by atoms with E-state index in [1.807, 2.05) is 0 Å². The summed E-state index contributed by atoms with van der Waals surface area (Å²) in [6.45, 7) is 0. The molecule has 0 amide bonds. The average Bonchev–Trinajstić information content (AvgIpc) is 3.14. The van der Waals surface area contributed by atoms with Crippen molar-refractivity contribution < 1.29 is 9.13 Å². The largest absolute Gasteiger partial charge is 0.497 e. The van der Waals surface area contributed by atoms with Gasteiger partial charge in [-0.15, -0.1) is 5.10 Å². The van der Waals surface area contributed by atoms with Gasteiger partial charge in [0.05, 0.1) is 12.8 Å². The van der Waals surface area contributed by atoms with Crippen molar-refractivity contribution >= 4 is 5.82 Å². The number of benzene rings is 1. The summed E-state index contributed by atoms with van der Waals surface area (Å²) in [7, 11) is 1.54. The predicted molar refractivity (Wildman–Crippen MR) is 64.3 cm³/mol. The quantitative estimate of drug-likeness (QED) is 0.900. The highest BCUT2D eigenvalue weighted by Crippen LogP contribution is 2.43. The lowest BCUT2D eigenvalue weighted by atomic mass is 10.2. The Morgan fingerprint density at radius 2 is 2.22 bits per heavy atom. The third-order valence-electron chi connectivity index (χ3n) is 3.08. The fourth-order valence-corrected chi connectivity index (χ4v) is 2.00. The van der Waals surface area contributed by atoms with Crippen molar-refractivity contribution in [3.8, 4) is 11.4 Å². The van der Waals surface area contributed by atoms with Gasteiger partial charge in [0.25, 0.3) is 0 Å². The molecule has 1 fully saturated rings. The monoisotopic (exact) mass is 248 g/mol. The molecule has 6 heteroatoms. The normalized spacial score (nSPS) is 14.8. The fourth-order valence-electron chi connectivity index (χ4n) is 2.00. The molecule has 0 spiro atoms. The Kier molecular flexibility index (Phi) is 2.43. The van der Waals surface area contributed by atoms with Gasteiger partial charge in [0.1, 0.15) is 17.3 Å². The second kappa shape index (κ2) is 3.97. The highest BCUT2D eigenvalue weighted by atomic mass is 19.1. The number of rotatable bonds is 3. The van der Waals surface area contributed by atoms with Crippen LogP contribution < -0.4 is 10.5 Å². The van der Waals surface area contributed by atoms with Crippen LogP contribution in [0.2, 0.25) is 0 Å². The Hall–Kier alpha value is -2.11. The van der Waals surface area contributed by atoms with Crippen LogP contribution in [-0.4, -0.2) is 22.1 Å². The first-order chi connectivity index (χ1) is 8.70. The molecule has 1 aromatic carbocycles. The Labute approximate surface area is 103 Å². The molecular formula is C12H13FN4O. The van der Waals surface area contributed by atoms with E-state index in [4.69, 9.17) is 10.5 Å². The number of hydrogen-bond acceptors (Lipinski definition) is 4. The molecule has 1 saturated carbocycles. The van der Waals surface area contributed by atoms with E-state index in [9.17, 15) is 4.39 Å². The van der Waals surface area contributed by atoms with E-state index in [1.54, 1.807) is 12.1 Å². The van der Waals surface area contributed by atoms with Gasteiger partial charge in [-0.05, 0) is 25.0 Å². The van der Waals surface area contributed by atoms with Crippen LogP contribution in [-0.2, 0) is 0 Å². The minimum absolute atomic E-state index is 0.320. The van der Waals surface area contributed by atoms with Gasteiger partial charge in [0.15, 0.2) is 5.82 Å². The standard InChI is InChI=1S/C12H13FN4O/c1-18-8-4-5-9(13)10(6-8)17-11(7-2-3-7)12(14)15-16-17/h4-7H,2-3,14H2,1H3. The van der Waals surface area contributed by atoms with E-state index in [-0.39, 0.29) is 5.82 Å². The zero-order chi connectivity index (χ0) is 12.7. The molecule has 1 aliphatic rings. The molecular weight excluding hydrogens is 235 g/mol. The minimum atomic E-state index is -0.373. The summed E-state index contributed by atoms with van der Waals surface area (Å²) < 4.78 is 20.5. The highest BCUT2D eigenvalue weighted by molar-refractivity contribution is 5.47. The zero-order valence-electron chi connectivity index (χ0n) is 9.93. The van der Waals surface area contributed by atoms with Crippen LogP contribution in [0, 0.1) is 5.82 Å². The van der Waals surface area contributed by atoms with Gasteiger partial charge in [-0.25, -0.2) is 9.07 Å². The van der Waals surface area contributed by atoms with Crippen LogP contribution in [0.15, 0.2) is 18.2 Å². The summed E-state index contributed by atoms with van der Waals surface area (Å²) in [6, 6.07) is 4.51. The average molecular weight is 248 g/mol. The maximum Gasteiger partial charge on any atom is 0.169 e. The number of halogens is 1. The van der Waals surface area contributed by atoms with Crippen LogP contribution in [0.3, 0.4) is 0 Å². The van der Waals surface area contributed by atoms with Crippen molar-refractivity contribution in [2.75, 3.05) is 12.8 Å². The Morgan fingerprint density at radius 1 is 1.44 bits per heavy atom. The molecule has 0 atom stereocenters. The molecule has 0 bridgehead atoms. The van der Waals surface area contributed by atoms with E-state index in [0.717, 1.165) is 18.5 Å². The first kappa shape index (κ1) is 11.0. The molecule has 1 aromatic heterocycles. The maximum atomic E-state index is 13.9. The molecule has 94 valence electrons. The Balaban J connectivity index is 2.14. The smallest absolute Gasteiger partial charge is 0.169 e. The number of nitrogens with zero attached hydrogens (tertiary/aromatic N) is 3. The third-order valence-corrected chi connectivity index (χ3v) is 3.08. The molecule has 0 radical (unpaired) electrons. The maximum absolute atomic E-state index is 13.9. The molecule has 0 aliphatic heterocycles. The molecule has 1 aliphatic carbocycles. The van der Waals surface area contributed by atoms with Gasteiger partial charge in [-0.2, -0.15) is 0 Å². The Bertz CT molecular complexity index is 592. The van der Waals surface area contributed by atoms with Gasteiger partial charge in [0, 0.05) is 12.0 Å². The zero-order valence-corrected chi connectivity index (χ0v) is 9.93. The van der Waals surface area contributed by atoms with Gasteiger partial charge < -0.3 is 10.5 Å². The molecule has 1 heterocycles. The number of methoxy groups -OCH3 is 1. The van der Waals surface area contributed by atoms with E-state index >= 15 is 0 Å². The van der Waals surface area contributed by atoms with Crippen molar-refractivity contribution in [3.63, 3.8) is 0 Å². The second-order valence-corrected chi connectivity index (χ2v) is 4.36. The SMILES string of the molecule is COc1ccc(F)c(-n2nnc(N)c2C2CC2)c1. The molecule has 2 aromatic rings. The molecule has 0 unspecified atom stereocenters. The van der Waals surface area contributed by atoms with Crippen molar-refractivity contribution in [1.82, 2.24) is 15.0 Å². The topological polar surface area (TPSA) is 66.0 Å². The first-order valence-corrected chi connectivity index (χ1v) is 5.75. The van der Waals surface area contributed by atoms with E-state index in [1.165, 1.54) is 17.9 Å². The van der Waals surface area contributed by atoms with Crippen LogP contribution in [0.1, 0.15) is 24.5 Å². The van der Waals surface area contributed by atoms with Crippen LogP contribution >= 0.6 is 0 Å². The summed E-state index contributed by atoms with van der Waals surface area (Å²) in [5, 5.41) is 7.76. The third kappa shape index (κ3) is 1.70. The lowest BCUT2D eigenvalue weighted by molar-refractivity contribution is 0.413. The molecule has 18 heavy (non-hydrogen) atoms. The predicted octanol–water partition coefficient (Wildman–Crippen LogP) is 1.87. The number of nitrogen functional groups attached to an aromatic ring is 1. The number of anilines is 1. The van der Waals surface area contributed by atoms with Crippen LogP contribution in [0.25, 0.3) is 5.69 Å². The molecule has 2 N–H and O–H groups in total. The van der Waals surface area contributed by atoms with Crippen molar-refractivity contribution in [2.24, 2.45) is 0 Å². The lowest BCUT2D eigenvalue weighted by Crippen LogP contribution is -2.05.